The van der Waals surface area contributed by atoms with Crippen molar-refractivity contribution in [2.24, 2.45) is 0 Å². The SMILES string of the molecule is CONC(=O)Cn1c(C)cc2ccccc21. The zero-order chi connectivity index (χ0) is 11.5. The van der Waals surface area contributed by atoms with Crippen molar-refractivity contribution in [1.29, 1.82) is 0 Å². The van der Waals surface area contributed by atoms with Gasteiger partial charge < -0.3 is 4.57 Å². The number of rotatable bonds is 3. The Labute approximate surface area is 93.8 Å². The maximum Gasteiger partial charge on any atom is 0.263 e. The Balaban J connectivity index is 2.36. The molecule has 0 bridgehead atoms. The number of carbonyl (C=O) groups is 1. The molecular weight excluding hydrogens is 204 g/mol. The lowest BCUT2D eigenvalue weighted by Crippen LogP contribution is -2.26. The van der Waals surface area contributed by atoms with E-state index in [1.165, 1.54) is 7.11 Å². The van der Waals surface area contributed by atoms with Gasteiger partial charge in [-0.1, -0.05) is 18.2 Å². The average Bonchev–Trinajstić information content (AvgIpc) is 2.56. The molecule has 2 rings (SSSR count). The standard InChI is InChI=1S/C12H14N2O2/c1-9-7-10-5-3-4-6-11(10)14(9)8-12(15)13-16-2/h3-7H,8H2,1-2H3,(H,13,15). The number of hydroxylamine groups is 1. The summed E-state index contributed by atoms with van der Waals surface area (Å²) in [6, 6.07) is 10.1. The van der Waals surface area contributed by atoms with E-state index in [1.807, 2.05) is 35.8 Å². The molecule has 1 aromatic carbocycles. The minimum atomic E-state index is -0.160. The Bertz CT molecular complexity index is 517. The number of aromatic nitrogens is 1. The Morgan fingerprint density at radius 3 is 2.94 bits per heavy atom. The van der Waals surface area contributed by atoms with Crippen molar-refractivity contribution in [2.45, 2.75) is 13.5 Å². The van der Waals surface area contributed by atoms with Crippen LogP contribution < -0.4 is 5.48 Å². The first-order chi connectivity index (χ1) is 7.72. The van der Waals surface area contributed by atoms with Gasteiger partial charge in [0, 0.05) is 11.2 Å². The number of amides is 1. The number of hydrogen-bond acceptors (Lipinski definition) is 2. The van der Waals surface area contributed by atoms with E-state index in [0.717, 1.165) is 16.6 Å². The molecule has 1 heterocycles. The van der Waals surface area contributed by atoms with Crippen LogP contribution in [0.1, 0.15) is 5.69 Å². The first-order valence-electron chi connectivity index (χ1n) is 5.09. The van der Waals surface area contributed by atoms with Crippen LogP contribution in [0.25, 0.3) is 10.9 Å². The summed E-state index contributed by atoms with van der Waals surface area (Å²) < 4.78 is 1.96. The molecule has 0 aliphatic heterocycles. The molecule has 0 atom stereocenters. The molecule has 16 heavy (non-hydrogen) atoms. The van der Waals surface area contributed by atoms with Crippen LogP contribution in [0.2, 0.25) is 0 Å². The normalized spacial score (nSPS) is 10.6. The number of benzene rings is 1. The van der Waals surface area contributed by atoms with Gasteiger partial charge in [-0.2, -0.15) is 0 Å². The molecule has 84 valence electrons. The van der Waals surface area contributed by atoms with Gasteiger partial charge in [-0.25, -0.2) is 5.48 Å². The Hall–Kier alpha value is -1.81. The lowest BCUT2D eigenvalue weighted by molar-refractivity contribution is -0.131. The topological polar surface area (TPSA) is 43.3 Å². The van der Waals surface area contributed by atoms with Crippen molar-refractivity contribution in [3.05, 3.63) is 36.0 Å². The molecule has 0 unspecified atom stereocenters. The molecule has 4 nitrogen and oxygen atoms in total. The second-order valence-electron chi connectivity index (χ2n) is 3.66. The zero-order valence-electron chi connectivity index (χ0n) is 9.36. The lowest BCUT2D eigenvalue weighted by Gasteiger charge is -2.07. The van der Waals surface area contributed by atoms with E-state index < -0.39 is 0 Å². The van der Waals surface area contributed by atoms with E-state index in [1.54, 1.807) is 0 Å². The van der Waals surface area contributed by atoms with Gasteiger partial charge >= 0.3 is 0 Å². The summed E-state index contributed by atoms with van der Waals surface area (Å²) in [6.07, 6.45) is 0. The van der Waals surface area contributed by atoms with Gasteiger partial charge in [0.1, 0.15) is 6.54 Å². The molecule has 0 saturated carbocycles. The van der Waals surface area contributed by atoms with Crippen LogP contribution in [-0.2, 0) is 16.2 Å². The summed E-state index contributed by atoms with van der Waals surface area (Å²) in [5.74, 6) is -0.160. The second kappa shape index (κ2) is 4.37. The Morgan fingerprint density at radius 1 is 1.44 bits per heavy atom. The molecule has 1 aromatic heterocycles. The third kappa shape index (κ3) is 1.92. The molecule has 0 saturated heterocycles. The molecule has 0 aliphatic rings. The zero-order valence-corrected chi connectivity index (χ0v) is 9.36. The number of carbonyl (C=O) groups excluding carboxylic acids is 1. The van der Waals surface area contributed by atoms with Crippen LogP contribution in [0.3, 0.4) is 0 Å². The number of fused-ring (bicyclic) bond motifs is 1. The maximum atomic E-state index is 11.4. The molecule has 2 aromatic rings. The van der Waals surface area contributed by atoms with E-state index >= 15 is 0 Å². The number of hydrogen-bond donors (Lipinski definition) is 1. The van der Waals surface area contributed by atoms with Gasteiger partial charge in [0.15, 0.2) is 0 Å². The maximum absolute atomic E-state index is 11.4. The highest BCUT2D eigenvalue weighted by Gasteiger charge is 2.08. The van der Waals surface area contributed by atoms with Crippen LogP contribution in [0.15, 0.2) is 30.3 Å². The van der Waals surface area contributed by atoms with E-state index in [4.69, 9.17) is 0 Å². The molecule has 1 amide bonds. The predicted octanol–water partition coefficient (Wildman–Crippen LogP) is 1.63. The second-order valence-corrected chi connectivity index (χ2v) is 3.66. The number of para-hydroxylation sites is 1. The highest BCUT2D eigenvalue weighted by Crippen LogP contribution is 2.18. The van der Waals surface area contributed by atoms with Crippen molar-refractivity contribution < 1.29 is 9.63 Å². The van der Waals surface area contributed by atoms with Gasteiger partial charge in [0.2, 0.25) is 0 Å². The molecule has 0 fully saturated rings. The minimum Gasteiger partial charge on any atom is -0.335 e. The summed E-state index contributed by atoms with van der Waals surface area (Å²) in [4.78, 5) is 16.0. The van der Waals surface area contributed by atoms with Gasteiger partial charge in [-0.3, -0.25) is 9.63 Å². The summed E-state index contributed by atoms with van der Waals surface area (Å²) in [6.45, 7) is 2.26. The molecule has 0 spiro atoms. The highest BCUT2D eigenvalue weighted by atomic mass is 16.6. The summed E-state index contributed by atoms with van der Waals surface area (Å²) in [5, 5.41) is 1.14. The van der Waals surface area contributed by atoms with Crippen molar-refractivity contribution in [2.75, 3.05) is 7.11 Å². The van der Waals surface area contributed by atoms with Crippen molar-refractivity contribution >= 4 is 16.8 Å². The smallest absolute Gasteiger partial charge is 0.263 e. The van der Waals surface area contributed by atoms with Gasteiger partial charge in [-0.15, -0.1) is 0 Å². The first-order valence-corrected chi connectivity index (χ1v) is 5.09. The van der Waals surface area contributed by atoms with Gasteiger partial charge in [0.25, 0.3) is 5.91 Å². The predicted molar refractivity (Wildman–Crippen MR) is 61.8 cm³/mol. The molecule has 0 radical (unpaired) electrons. The first kappa shape index (κ1) is 10.7. The monoisotopic (exact) mass is 218 g/mol. The van der Waals surface area contributed by atoms with Crippen LogP contribution >= 0.6 is 0 Å². The third-order valence-corrected chi connectivity index (χ3v) is 2.54. The van der Waals surface area contributed by atoms with Crippen LogP contribution in [0.5, 0.6) is 0 Å². The van der Waals surface area contributed by atoms with E-state index in [-0.39, 0.29) is 12.5 Å². The van der Waals surface area contributed by atoms with E-state index in [9.17, 15) is 4.79 Å². The quantitative estimate of drug-likeness (QED) is 0.796. The van der Waals surface area contributed by atoms with E-state index in [2.05, 4.69) is 16.4 Å². The van der Waals surface area contributed by atoms with Crippen molar-refractivity contribution in [1.82, 2.24) is 10.0 Å². The Kier molecular flexibility index (Phi) is 2.92. The summed E-state index contributed by atoms with van der Waals surface area (Å²) in [5.41, 5.74) is 4.44. The number of nitrogens with zero attached hydrogens (tertiary/aromatic N) is 1. The fourth-order valence-corrected chi connectivity index (χ4v) is 1.85. The average molecular weight is 218 g/mol. The van der Waals surface area contributed by atoms with Gasteiger partial charge in [-0.05, 0) is 24.4 Å². The van der Waals surface area contributed by atoms with E-state index in [0.29, 0.717) is 0 Å². The van der Waals surface area contributed by atoms with Crippen LogP contribution in [0, 0.1) is 6.92 Å². The summed E-state index contributed by atoms with van der Waals surface area (Å²) in [7, 11) is 1.43. The largest absolute Gasteiger partial charge is 0.335 e. The third-order valence-electron chi connectivity index (χ3n) is 2.54. The summed E-state index contributed by atoms with van der Waals surface area (Å²) >= 11 is 0. The number of aryl methyl sites for hydroxylation is 1. The van der Waals surface area contributed by atoms with Crippen LogP contribution in [-0.4, -0.2) is 17.6 Å². The lowest BCUT2D eigenvalue weighted by atomic mass is 10.2. The van der Waals surface area contributed by atoms with Gasteiger partial charge in [0.05, 0.1) is 7.11 Å². The molecular formula is C12H14N2O2. The molecule has 1 N–H and O–H groups in total. The highest BCUT2D eigenvalue weighted by molar-refractivity contribution is 5.84. The number of nitrogens with one attached hydrogen (secondary N) is 1. The molecule has 4 heteroatoms. The fraction of sp³-hybridized carbons (Fsp3) is 0.250. The molecule has 0 aliphatic carbocycles. The van der Waals surface area contributed by atoms with Crippen LogP contribution in [0.4, 0.5) is 0 Å². The van der Waals surface area contributed by atoms with Crippen molar-refractivity contribution in [3.8, 4) is 0 Å². The minimum absolute atomic E-state index is 0.160. The fourth-order valence-electron chi connectivity index (χ4n) is 1.85. The Morgan fingerprint density at radius 2 is 2.19 bits per heavy atom. The van der Waals surface area contributed by atoms with Crippen molar-refractivity contribution in [3.63, 3.8) is 0 Å².